The summed E-state index contributed by atoms with van der Waals surface area (Å²) in [6.45, 7) is 2.34. The molecule has 0 aromatic carbocycles. The van der Waals surface area contributed by atoms with Crippen molar-refractivity contribution in [2.75, 3.05) is 7.05 Å². The molecule has 0 atom stereocenters. The summed E-state index contributed by atoms with van der Waals surface area (Å²) in [6, 6.07) is 5.01. The third kappa shape index (κ3) is 3.39. The predicted molar refractivity (Wildman–Crippen MR) is 86.3 cm³/mol. The zero-order valence-corrected chi connectivity index (χ0v) is 13.7. The van der Waals surface area contributed by atoms with Crippen molar-refractivity contribution in [3.8, 4) is 0 Å². The van der Waals surface area contributed by atoms with Gasteiger partial charge in [0.15, 0.2) is 0 Å². The average molecular weight is 316 g/mol. The lowest BCUT2D eigenvalue weighted by Crippen LogP contribution is -2.41. The zero-order valence-electron chi connectivity index (χ0n) is 13.7. The van der Waals surface area contributed by atoms with Crippen LogP contribution in [0.1, 0.15) is 28.7 Å². The van der Waals surface area contributed by atoms with Gasteiger partial charge in [0, 0.05) is 33.4 Å². The summed E-state index contributed by atoms with van der Waals surface area (Å²) in [5.41, 5.74) is 0.893. The molecule has 0 aliphatic rings. The van der Waals surface area contributed by atoms with Gasteiger partial charge in [0.25, 0.3) is 11.5 Å². The molecule has 2 aromatic rings. The van der Waals surface area contributed by atoms with Crippen LogP contribution in [0, 0.1) is 0 Å². The smallest absolute Gasteiger partial charge is 0.331 e. The van der Waals surface area contributed by atoms with Gasteiger partial charge < -0.3 is 4.90 Å². The maximum absolute atomic E-state index is 12.5. The molecule has 7 heteroatoms. The van der Waals surface area contributed by atoms with Crippen LogP contribution in [-0.2, 0) is 27.1 Å². The van der Waals surface area contributed by atoms with Gasteiger partial charge in [0.1, 0.15) is 5.69 Å². The number of aromatic nitrogens is 3. The minimum Gasteiger partial charge on any atom is -0.335 e. The van der Waals surface area contributed by atoms with Gasteiger partial charge >= 0.3 is 5.69 Å². The fraction of sp³-hybridized carbons (Fsp3) is 0.375. The molecule has 0 aliphatic carbocycles. The third-order valence-corrected chi connectivity index (χ3v) is 3.79. The average Bonchev–Trinajstić information content (AvgIpc) is 2.56. The van der Waals surface area contributed by atoms with Crippen LogP contribution >= 0.6 is 0 Å². The summed E-state index contributed by atoms with van der Waals surface area (Å²) in [5, 5.41) is 0. The molecular weight excluding hydrogens is 296 g/mol. The van der Waals surface area contributed by atoms with Gasteiger partial charge in [-0.15, -0.1) is 0 Å². The van der Waals surface area contributed by atoms with E-state index in [0.29, 0.717) is 6.54 Å². The Hall–Kier alpha value is -2.70. The Balaban J connectivity index is 2.26. The first kappa shape index (κ1) is 16.7. The van der Waals surface area contributed by atoms with E-state index < -0.39 is 17.2 Å². The normalized spacial score (nSPS) is 10.6. The van der Waals surface area contributed by atoms with Crippen molar-refractivity contribution in [1.29, 1.82) is 0 Å². The number of hydrogen-bond acceptors (Lipinski definition) is 4. The Morgan fingerprint density at radius 3 is 2.48 bits per heavy atom. The van der Waals surface area contributed by atoms with Gasteiger partial charge in [-0.25, -0.2) is 4.79 Å². The molecule has 0 N–H and O–H groups in total. The molecule has 0 aliphatic heterocycles. The highest BCUT2D eigenvalue weighted by atomic mass is 16.2. The molecular formula is C16H20N4O3. The molecule has 0 radical (unpaired) electrons. The molecule has 2 rings (SSSR count). The van der Waals surface area contributed by atoms with Crippen molar-refractivity contribution in [2.24, 2.45) is 14.1 Å². The molecule has 122 valence electrons. The van der Waals surface area contributed by atoms with Crippen LogP contribution in [0.15, 0.2) is 34.0 Å². The van der Waals surface area contributed by atoms with Crippen molar-refractivity contribution >= 4 is 5.91 Å². The topological polar surface area (TPSA) is 77.2 Å². The maximum Gasteiger partial charge on any atom is 0.331 e. The van der Waals surface area contributed by atoms with Gasteiger partial charge in [-0.1, -0.05) is 13.0 Å². The minimum absolute atomic E-state index is 0.0609. The second-order valence-corrected chi connectivity index (χ2v) is 5.44. The molecule has 0 bridgehead atoms. The summed E-state index contributed by atoms with van der Waals surface area (Å²) < 4.78 is 2.13. The molecule has 0 fully saturated rings. The van der Waals surface area contributed by atoms with Crippen LogP contribution in [0.3, 0.4) is 0 Å². The Bertz CT molecular complexity index is 834. The fourth-order valence-electron chi connectivity index (χ4n) is 2.21. The molecule has 23 heavy (non-hydrogen) atoms. The van der Waals surface area contributed by atoms with Crippen LogP contribution in [0.5, 0.6) is 0 Å². The number of carbonyl (C=O) groups excluding carboxylic acids is 1. The van der Waals surface area contributed by atoms with E-state index in [1.807, 2.05) is 19.1 Å². The number of nitrogens with zero attached hydrogens (tertiary/aromatic N) is 4. The van der Waals surface area contributed by atoms with Crippen molar-refractivity contribution in [2.45, 2.75) is 19.9 Å². The van der Waals surface area contributed by atoms with E-state index in [9.17, 15) is 14.4 Å². The number of pyridine rings is 1. The lowest BCUT2D eigenvalue weighted by atomic mass is 10.2. The molecule has 1 amide bonds. The van der Waals surface area contributed by atoms with Crippen molar-refractivity contribution in [1.82, 2.24) is 19.0 Å². The Kier molecular flexibility index (Phi) is 4.78. The summed E-state index contributed by atoms with van der Waals surface area (Å²) in [4.78, 5) is 41.9. The number of amides is 1. The molecule has 2 aromatic heterocycles. The highest BCUT2D eigenvalue weighted by Gasteiger charge is 2.18. The molecule has 0 unspecified atom stereocenters. The van der Waals surface area contributed by atoms with Crippen LogP contribution in [0.25, 0.3) is 0 Å². The van der Waals surface area contributed by atoms with E-state index in [1.54, 1.807) is 13.2 Å². The number of aryl methyl sites for hydroxylation is 1. The fourth-order valence-corrected chi connectivity index (χ4v) is 2.21. The van der Waals surface area contributed by atoms with Crippen molar-refractivity contribution < 1.29 is 4.79 Å². The van der Waals surface area contributed by atoms with Crippen molar-refractivity contribution in [3.63, 3.8) is 0 Å². The highest BCUT2D eigenvalue weighted by Crippen LogP contribution is 2.06. The van der Waals surface area contributed by atoms with Gasteiger partial charge in [0.2, 0.25) is 0 Å². The van der Waals surface area contributed by atoms with E-state index in [0.717, 1.165) is 22.2 Å². The lowest BCUT2D eigenvalue weighted by molar-refractivity contribution is 0.0771. The van der Waals surface area contributed by atoms with E-state index >= 15 is 0 Å². The number of carbonyl (C=O) groups is 1. The molecule has 7 nitrogen and oxygen atoms in total. The summed E-state index contributed by atoms with van der Waals surface area (Å²) in [5.74, 6) is -0.399. The number of hydrogen-bond donors (Lipinski definition) is 0. The Morgan fingerprint density at radius 1 is 1.22 bits per heavy atom. The third-order valence-electron chi connectivity index (χ3n) is 3.79. The quantitative estimate of drug-likeness (QED) is 0.813. The molecule has 2 heterocycles. The Labute approximate surface area is 133 Å². The van der Waals surface area contributed by atoms with E-state index in [2.05, 4.69) is 4.98 Å². The zero-order chi connectivity index (χ0) is 17.1. The van der Waals surface area contributed by atoms with Gasteiger partial charge in [0.05, 0.1) is 12.2 Å². The molecule has 0 spiro atoms. The number of rotatable bonds is 4. The van der Waals surface area contributed by atoms with Crippen LogP contribution in [-0.4, -0.2) is 32.0 Å². The first-order valence-electron chi connectivity index (χ1n) is 7.31. The molecule has 0 saturated carbocycles. The van der Waals surface area contributed by atoms with Gasteiger partial charge in [-0.3, -0.25) is 23.7 Å². The monoisotopic (exact) mass is 316 g/mol. The highest BCUT2D eigenvalue weighted by molar-refractivity contribution is 5.92. The van der Waals surface area contributed by atoms with Crippen LogP contribution < -0.4 is 11.2 Å². The molecule has 0 saturated heterocycles. The largest absolute Gasteiger partial charge is 0.335 e. The summed E-state index contributed by atoms with van der Waals surface area (Å²) >= 11 is 0. The van der Waals surface area contributed by atoms with Crippen LogP contribution in [0.2, 0.25) is 0 Å². The van der Waals surface area contributed by atoms with E-state index in [1.165, 1.54) is 29.6 Å². The first-order valence-corrected chi connectivity index (χ1v) is 7.31. The Morgan fingerprint density at radius 2 is 1.91 bits per heavy atom. The van der Waals surface area contributed by atoms with E-state index in [4.69, 9.17) is 0 Å². The van der Waals surface area contributed by atoms with E-state index in [-0.39, 0.29) is 5.69 Å². The summed E-state index contributed by atoms with van der Waals surface area (Å²) in [7, 11) is 4.46. The van der Waals surface area contributed by atoms with Gasteiger partial charge in [-0.05, 0) is 18.1 Å². The van der Waals surface area contributed by atoms with Crippen LogP contribution in [0.4, 0.5) is 0 Å². The van der Waals surface area contributed by atoms with Gasteiger partial charge in [-0.2, -0.15) is 0 Å². The minimum atomic E-state index is -0.528. The van der Waals surface area contributed by atoms with Crippen molar-refractivity contribution in [3.05, 3.63) is 62.2 Å². The first-order chi connectivity index (χ1) is 10.8. The standard InChI is InChI=1S/C16H20N4O3/c1-5-11-6-7-12(17-9-11)10-18(2)15(22)13-8-14(21)20(4)16(23)19(13)3/h6-9H,5,10H2,1-4H3. The second kappa shape index (κ2) is 6.60. The predicted octanol–water partition coefficient (Wildman–Crippen LogP) is 0.314. The second-order valence-electron chi connectivity index (χ2n) is 5.44. The summed E-state index contributed by atoms with van der Waals surface area (Å²) in [6.07, 6.45) is 2.68. The SMILES string of the molecule is CCc1ccc(CN(C)C(=O)c2cc(=O)n(C)c(=O)n2C)nc1. The maximum atomic E-state index is 12.5. The lowest BCUT2D eigenvalue weighted by Gasteiger charge is -2.18.